The zero-order valence-corrected chi connectivity index (χ0v) is 17.8. The predicted molar refractivity (Wildman–Crippen MR) is 118 cm³/mol. The van der Waals surface area contributed by atoms with Gasteiger partial charge in [-0.2, -0.15) is 0 Å². The van der Waals surface area contributed by atoms with Crippen LogP contribution in [0.4, 0.5) is 0 Å². The van der Waals surface area contributed by atoms with E-state index in [1.54, 1.807) is 0 Å². The first-order chi connectivity index (χ1) is 14.2. The fourth-order valence-electron chi connectivity index (χ4n) is 3.34. The molecule has 3 rings (SSSR count). The molecule has 29 heavy (non-hydrogen) atoms. The van der Waals surface area contributed by atoms with E-state index in [2.05, 4.69) is 73.9 Å². The molecule has 1 heterocycles. The lowest BCUT2D eigenvalue weighted by Crippen LogP contribution is -2.36. The molecule has 0 spiro atoms. The first-order valence-electron chi connectivity index (χ1n) is 10.5. The van der Waals surface area contributed by atoms with E-state index in [0.29, 0.717) is 19.1 Å². The smallest absolute Gasteiger partial charge is 0.191 e. The molecule has 2 aromatic carbocycles. The molecule has 1 aliphatic heterocycles. The third-order valence-electron chi connectivity index (χ3n) is 5.18. The van der Waals surface area contributed by atoms with Crippen molar-refractivity contribution in [1.82, 2.24) is 10.6 Å². The largest absolute Gasteiger partial charge is 0.493 e. The zero-order chi connectivity index (χ0) is 20.5. The van der Waals surface area contributed by atoms with Crippen LogP contribution in [0.1, 0.15) is 35.6 Å². The molecular weight excluding hydrogens is 362 g/mol. The van der Waals surface area contributed by atoms with Crippen molar-refractivity contribution >= 4 is 5.96 Å². The molecule has 156 valence electrons. The number of aliphatic imine (C=N–C) groups is 1. The predicted octanol–water partition coefficient (Wildman–Crippen LogP) is 3.97. The Morgan fingerprint density at radius 2 is 2.00 bits per heavy atom. The number of aryl methyl sites for hydroxylation is 2. The van der Waals surface area contributed by atoms with Crippen molar-refractivity contribution in [2.75, 3.05) is 26.4 Å². The minimum atomic E-state index is 0.486. The normalized spacial score (nSPS) is 16.7. The maximum atomic E-state index is 6.15. The molecule has 2 N–H and O–H groups in total. The highest BCUT2D eigenvalue weighted by molar-refractivity contribution is 5.79. The molecule has 1 unspecified atom stereocenters. The van der Waals surface area contributed by atoms with E-state index >= 15 is 0 Å². The molecule has 1 aliphatic rings. The highest BCUT2D eigenvalue weighted by Gasteiger charge is 2.17. The Morgan fingerprint density at radius 1 is 1.14 bits per heavy atom. The van der Waals surface area contributed by atoms with Gasteiger partial charge in [-0.25, -0.2) is 4.99 Å². The van der Waals surface area contributed by atoms with Crippen LogP contribution >= 0.6 is 0 Å². The summed E-state index contributed by atoms with van der Waals surface area (Å²) in [6.07, 6.45) is 1.08. The standard InChI is InChI=1S/C24H33N3O2/c1-4-25-24(26-14-21-8-6-5-7-19(21)3)27-15-22-10-9-18(2)13-23(22)29-17-20-11-12-28-16-20/h5-10,13,20H,4,11-12,14-17H2,1-3H3,(H2,25,26,27). The summed E-state index contributed by atoms with van der Waals surface area (Å²) >= 11 is 0. The van der Waals surface area contributed by atoms with Crippen molar-refractivity contribution in [2.45, 2.75) is 40.3 Å². The first kappa shape index (κ1) is 21.2. The van der Waals surface area contributed by atoms with Crippen LogP contribution in [-0.4, -0.2) is 32.3 Å². The topological polar surface area (TPSA) is 54.9 Å². The number of benzene rings is 2. The Hall–Kier alpha value is -2.53. The van der Waals surface area contributed by atoms with E-state index in [1.807, 2.05) is 0 Å². The van der Waals surface area contributed by atoms with Crippen LogP contribution in [0.3, 0.4) is 0 Å². The van der Waals surface area contributed by atoms with Crippen LogP contribution in [0, 0.1) is 19.8 Å². The zero-order valence-electron chi connectivity index (χ0n) is 17.8. The van der Waals surface area contributed by atoms with Crippen molar-refractivity contribution in [3.8, 4) is 5.75 Å². The molecule has 0 saturated carbocycles. The second kappa shape index (κ2) is 10.9. The summed E-state index contributed by atoms with van der Waals surface area (Å²) in [6, 6.07) is 14.7. The van der Waals surface area contributed by atoms with Gasteiger partial charge in [0.2, 0.25) is 0 Å². The molecule has 0 aliphatic carbocycles. The molecule has 0 amide bonds. The van der Waals surface area contributed by atoms with Crippen LogP contribution < -0.4 is 15.4 Å². The number of nitrogens with one attached hydrogen (secondary N) is 2. The van der Waals surface area contributed by atoms with Gasteiger partial charge in [-0.15, -0.1) is 0 Å². The van der Waals surface area contributed by atoms with E-state index in [9.17, 15) is 0 Å². The molecule has 1 fully saturated rings. The van der Waals surface area contributed by atoms with Crippen LogP contribution in [0.2, 0.25) is 0 Å². The van der Waals surface area contributed by atoms with Crippen LogP contribution in [-0.2, 0) is 17.8 Å². The minimum Gasteiger partial charge on any atom is -0.493 e. The third kappa shape index (κ3) is 6.50. The lowest BCUT2D eigenvalue weighted by Gasteiger charge is -2.15. The van der Waals surface area contributed by atoms with Gasteiger partial charge in [-0.1, -0.05) is 36.4 Å². The van der Waals surface area contributed by atoms with Gasteiger partial charge in [0.15, 0.2) is 5.96 Å². The summed E-state index contributed by atoms with van der Waals surface area (Å²) in [5, 5.41) is 6.77. The van der Waals surface area contributed by atoms with Gasteiger partial charge in [0.1, 0.15) is 5.75 Å². The Labute approximate surface area is 174 Å². The number of hydrogen-bond acceptors (Lipinski definition) is 3. The minimum absolute atomic E-state index is 0.486. The summed E-state index contributed by atoms with van der Waals surface area (Å²) < 4.78 is 11.6. The van der Waals surface area contributed by atoms with Gasteiger partial charge < -0.3 is 20.1 Å². The summed E-state index contributed by atoms with van der Waals surface area (Å²) in [5.74, 6) is 2.22. The third-order valence-corrected chi connectivity index (χ3v) is 5.18. The fourth-order valence-corrected chi connectivity index (χ4v) is 3.34. The molecule has 2 aromatic rings. The van der Waals surface area contributed by atoms with Crippen molar-refractivity contribution in [3.05, 3.63) is 64.7 Å². The van der Waals surface area contributed by atoms with Crippen molar-refractivity contribution in [1.29, 1.82) is 0 Å². The lowest BCUT2D eigenvalue weighted by molar-refractivity contribution is 0.166. The van der Waals surface area contributed by atoms with Gasteiger partial charge in [0.05, 0.1) is 19.8 Å². The van der Waals surface area contributed by atoms with E-state index in [-0.39, 0.29) is 0 Å². The number of rotatable bonds is 8. The summed E-state index contributed by atoms with van der Waals surface area (Å²) in [5.41, 5.74) is 4.85. The highest BCUT2D eigenvalue weighted by Crippen LogP contribution is 2.23. The SMILES string of the molecule is CCNC(=NCc1ccc(C)cc1OCC1CCOC1)NCc1ccccc1C. The number of guanidine groups is 1. The van der Waals surface area contributed by atoms with E-state index in [0.717, 1.165) is 50.0 Å². The first-order valence-corrected chi connectivity index (χ1v) is 10.5. The molecule has 1 saturated heterocycles. The quantitative estimate of drug-likeness (QED) is 0.524. The Kier molecular flexibility index (Phi) is 7.94. The monoisotopic (exact) mass is 395 g/mol. The second-order valence-corrected chi connectivity index (χ2v) is 7.63. The van der Waals surface area contributed by atoms with E-state index in [1.165, 1.54) is 16.7 Å². The average molecular weight is 396 g/mol. The summed E-state index contributed by atoms with van der Waals surface area (Å²) in [7, 11) is 0. The van der Waals surface area contributed by atoms with Gasteiger partial charge in [-0.05, 0) is 49.9 Å². The second-order valence-electron chi connectivity index (χ2n) is 7.63. The maximum Gasteiger partial charge on any atom is 0.191 e. The van der Waals surface area contributed by atoms with Crippen LogP contribution in [0.5, 0.6) is 5.75 Å². The highest BCUT2D eigenvalue weighted by atomic mass is 16.5. The summed E-state index contributed by atoms with van der Waals surface area (Å²) in [4.78, 5) is 4.79. The molecule has 1 atom stereocenters. The molecule has 5 heteroatoms. The lowest BCUT2D eigenvalue weighted by atomic mass is 10.1. The average Bonchev–Trinajstić information content (AvgIpc) is 3.24. The number of nitrogens with zero attached hydrogens (tertiary/aromatic N) is 1. The molecule has 0 aromatic heterocycles. The van der Waals surface area contributed by atoms with Crippen LogP contribution in [0.15, 0.2) is 47.5 Å². The molecular formula is C24H33N3O2. The number of ether oxygens (including phenoxy) is 2. The Balaban J connectivity index is 1.65. The van der Waals surface area contributed by atoms with Crippen molar-refractivity contribution in [3.63, 3.8) is 0 Å². The van der Waals surface area contributed by atoms with Gasteiger partial charge in [0, 0.05) is 31.2 Å². The molecule has 0 radical (unpaired) electrons. The van der Waals surface area contributed by atoms with Crippen molar-refractivity contribution in [2.24, 2.45) is 10.9 Å². The van der Waals surface area contributed by atoms with Crippen molar-refractivity contribution < 1.29 is 9.47 Å². The maximum absolute atomic E-state index is 6.15. The summed E-state index contributed by atoms with van der Waals surface area (Å²) in [6.45, 7) is 10.8. The Morgan fingerprint density at radius 3 is 2.76 bits per heavy atom. The Bertz CT molecular complexity index is 814. The number of hydrogen-bond donors (Lipinski definition) is 2. The van der Waals surface area contributed by atoms with Gasteiger partial charge >= 0.3 is 0 Å². The van der Waals surface area contributed by atoms with E-state index < -0.39 is 0 Å². The molecule has 5 nitrogen and oxygen atoms in total. The van der Waals surface area contributed by atoms with Crippen LogP contribution in [0.25, 0.3) is 0 Å². The fraction of sp³-hybridized carbons (Fsp3) is 0.458. The van der Waals surface area contributed by atoms with Gasteiger partial charge in [0.25, 0.3) is 0 Å². The molecule has 0 bridgehead atoms. The van der Waals surface area contributed by atoms with E-state index in [4.69, 9.17) is 14.5 Å². The van der Waals surface area contributed by atoms with Gasteiger partial charge in [-0.3, -0.25) is 0 Å².